The second-order valence-electron chi connectivity index (χ2n) is 2.97. The van der Waals surface area contributed by atoms with Crippen LogP contribution < -0.4 is 0 Å². The summed E-state index contributed by atoms with van der Waals surface area (Å²) in [5.74, 6) is 0.0732. The number of aromatic nitrogens is 2. The van der Waals surface area contributed by atoms with Crippen molar-refractivity contribution in [3.63, 3.8) is 0 Å². The molecule has 1 aromatic rings. The van der Waals surface area contributed by atoms with Crippen LogP contribution in [-0.4, -0.2) is 22.2 Å². The molecule has 1 heterocycles. The molecule has 0 fully saturated rings. The number of imidazole rings is 1. The van der Waals surface area contributed by atoms with Crippen LogP contribution in [0.4, 0.5) is 0 Å². The highest BCUT2D eigenvalue weighted by Gasteiger charge is 2.14. The van der Waals surface area contributed by atoms with Gasteiger partial charge in [0.1, 0.15) is 11.9 Å². The molecule has 76 valence electrons. The molecule has 1 rings (SSSR count). The average Bonchev–Trinajstić information content (AvgIpc) is 2.64. The number of carbonyl (C=O) groups is 2. The molecule has 0 amide bonds. The van der Waals surface area contributed by atoms with E-state index in [0.29, 0.717) is 25.0 Å². The Bertz CT molecular complexity index is 295. The van der Waals surface area contributed by atoms with Gasteiger partial charge in [0, 0.05) is 6.42 Å². The van der Waals surface area contributed by atoms with E-state index in [0.717, 1.165) is 0 Å². The van der Waals surface area contributed by atoms with Crippen LogP contribution in [0.5, 0.6) is 0 Å². The van der Waals surface area contributed by atoms with Crippen LogP contribution in [0.25, 0.3) is 0 Å². The van der Waals surface area contributed by atoms with Gasteiger partial charge in [-0.1, -0.05) is 0 Å². The van der Waals surface area contributed by atoms with Crippen LogP contribution in [0.15, 0.2) is 12.5 Å². The van der Waals surface area contributed by atoms with E-state index in [-0.39, 0.29) is 5.78 Å². The van der Waals surface area contributed by atoms with Gasteiger partial charge in [-0.15, -0.1) is 0 Å². The number of nitrogens with one attached hydrogen (secondary N) is 1. The maximum atomic E-state index is 10.8. The second kappa shape index (κ2) is 5.16. The Balaban J connectivity index is 2.55. The number of aromatic amines is 1. The van der Waals surface area contributed by atoms with Crippen LogP contribution >= 0.6 is 0 Å². The van der Waals surface area contributed by atoms with Crippen molar-refractivity contribution in [1.82, 2.24) is 9.97 Å². The van der Waals surface area contributed by atoms with E-state index >= 15 is 0 Å². The van der Waals surface area contributed by atoms with Crippen molar-refractivity contribution >= 4 is 12.3 Å². The van der Waals surface area contributed by atoms with Gasteiger partial charge in [-0.2, -0.15) is 0 Å². The van der Waals surface area contributed by atoms with E-state index in [1.165, 1.54) is 13.3 Å². The number of ether oxygens (including phenoxy) is 1. The van der Waals surface area contributed by atoms with Crippen molar-refractivity contribution in [2.24, 2.45) is 0 Å². The Labute approximate surface area is 81.5 Å². The van der Waals surface area contributed by atoms with Crippen LogP contribution in [0.1, 0.15) is 31.6 Å². The minimum Gasteiger partial charge on any atom is -0.458 e. The zero-order chi connectivity index (χ0) is 10.4. The number of carbonyl (C=O) groups excluding carboxylic acids is 2. The third-order valence-electron chi connectivity index (χ3n) is 1.84. The molecule has 0 aliphatic carbocycles. The summed E-state index contributed by atoms with van der Waals surface area (Å²) < 4.78 is 4.83. The summed E-state index contributed by atoms with van der Waals surface area (Å²) in [5, 5.41) is 0. The summed E-state index contributed by atoms with van der Waals surface area (Å²) in [6.07, 6.45) is 3.55. The lowest BCUT2D eigenvalue weighted by Gasteiger charge is -2.11. The molecule has 1 atom stereocenters. The van der Waals surface area contributed by atoms with Gasteiger partial charge >= 0.3 is 0 Å². The number of Topliss-reactive ketones (excluding diaryl/α,β-unsaturated/α-hetero) is 1. The molecule has 1 N–H and O–H groups in total. The summed E-state index contributed by atoms with van der Waals surface area (Å²) in [6, 6.07) is 0. The highest BCUT2D eigenvalue weighted by Crippen LogP contribution is 2.19. The molecule has 0 radical (unpaired) electrons. The van der Waals surface area contributed by atoms with Crippen molar-refractivity contribution in [1.29, 1.82) is 0 Å². The van der Waals surface area contributed by atoms with Crippen LogP contribution in [0, 0.1) is 0 Å². The maximum Gasteiger partial charge on any atom is 0.293 e. The first kappa shape index (κ1) is 10.4. The Kier molecular flexibility index (Phi) is 3.84. The van der Waals surface area contributed by atoms with E-state index in [2.05, 4.69) is 9.97 Å². The standard InChI is InChI=1S/C9H12N2O3/c1-7(13)2-3-9(14-6-12)8-4-10-5-11-8/h4-6,9H,2-3H2,1H3,(H,10,11). The summed E-state index contributed by atoms with van der Waals surface area (Å²) in [4.78, 5) is 27.6. The third kappa shape index (κ3) is 3.01. The molecule has 5 heteroatoms. The zero-order valence-corrected chi connectivity index (χ0v) is 7.90. The second-order valence-corrected chi connectivity index (χ2v) is 2.97. The van der Waals surface area contributed by atoms with Crippen LogP contribution in [0.3, 0.4) is 0 Å². The lowest BCUT2D eigenvalue weighted by atomic mass is 10.1. The van der Waals surface area contributed by atoms with Gasteiger partial charge in [-0.3, -0.25) is 4.79 Å². The van der Waals surface area contributed by atoms with Gasteiger partial charge < -0.3 is 14.5 Å². The van der Waals surface area contributed by atoms with Crippen LogP contribution in [-0.2, 0) is 14.3 Å². The van der Waals surface area contributed by atoms with E-state index in [4.69, 9.17) is 4.74 Å². The van der Waals surface area contributed by atoms with Gasteiger partial charge in [0.25, 0.3) is 6.47 Å². The molecule has 1 unspecified atom stereocenters. The summed E-state index contributed by atoms with van der Waals surface area (Å²) in [7, 11) is 0. The fourth-order valence-electron chi connectivity index (χ4n) is 1.14. The molecule has 0 bridgehead atoms. The third-order valence-corrected chi connectivity index (χ3v) is 1.84. The summed E-state index contributed by atoms with van der Waals surface area (Å²) in [6.45, 7) is 1.89. The summed E-state index contributed by atoms with van der Waals surface area (Å²) in [5.41, 5.74) is 0.707. The molecular formula is C9H12N2O3. The Morgan fingerprint density at radius 3 is 3.07 bits per heavy atom. The smallest absolute Gasteiger partial charge is 0.293 e. The quantitative estimate of drug-likeness (QED) is 0.689. The Hall–Kier alpha value is -1.65. The number of nitrogens with zero attached hydrogens (tertiary/aromatic N) is 1. The van der Waals surface area contributed by atoms with Gasteiger partial charge in [-0.25, -0.2) is 4.98 Å². The van der Waals surface area contributed by atoms with E-state index < -0.39 is 6.10 Å². The minimum absolute atomic E-state index is 0.0732. The van der Waals surface area contributed by atoms with E-state index in [1.54, 1.807) is 6.20 Å². The first-order valence-electron chi connectivity index (χ1n) is 4.31. The zero-order valence-electron chi connectivity index (χ0n) is 7.90. The molecule has 0 aromatic carbocycles. The van der Waals surface area contributed by atoms with Gasteiger partial charge in [0.15, 0.2) is 0 Å². The molecule has 0 spiro atoms. The lowest BCUT2D eigenvalue weighted by Crippen LogP contribution is -2.05. The molecule has 14 heavy (non-hydrogen) atoms. The average molecular weight is 196 g/mol. The largest absolute Gasteiger partial charge is 0.458 e. The molecule has 1 aromatic heterocycles. The van der Waals surface area contributed by atoms with Crippen molar-refractivity contribution in [3.8, 4) is 0 Å². The molecule has 0 saturated heterocycles. The fourth-order valence-corrected chi connectivity index (χ4v) is 1.14. The number of hydrogen-bond donors (Lipinski definition) is 1. The Morgan fingerprint density at radius 1 is 1.79 bits per heavy atom. The Morgan fingerprint density at radius 2 is 2.57 bits per heavy atom. The van der Waals surface area contributed by atoms with Crippen molar-refractivity contribution in [2.45, 2.75) is 25.9 Å². The number of rotatable bonds is 6. The van der Waals surface area contributed by atoms with E-state index in [1.807, 2.05) is 0 Å². The van der Waals surface area contributed by atoms with Gasteiger partial charge in [-0.05, 0) is 13.3 Å². The maximum absolute atomic E-state index is 10.8. The first-order chi connectivity index (χ1) is 6.74. The van der Waals surface area contributed by atoms with Crippen molar-refractivity contribution in [2.75, 3.05) is 0 Å². The van der Waals surface area contributed by atoms with E-state index in [9.17, 15) is 9.59 Å². The highest BCUT2D eigenvalue weighted by molar-refractivity contribution is 5.75. The monoisotopic (exact) mass is 196 g/mol. The normalized spacial score (nSPS) is 12.1. The highest BCUT2D eigenvalue weighted by atomic mass is 16.5. The fraction of sp³-hybridized carbons (Fsp3) is 0.444. The lowest BCUT2D eigenvalue weighted by molar-refractivity contribution is -0.135. The summed E-state index contributed by atoms with van der Waals surface area (Å²) >= 11 is 0. The first-order valence-corrected chi connectivity index (χ1v) is 4.31. The molecule has 5 nitrogen and oxygen atoms in total. The minimum atomic E-state index is -0.404. The number of ketones is 1. The van der Waals surface area contributed by atoms with Crippen LogP contribution in [0.2, 0.25) is 0 Å². The number of hydrogen-bond acceptors (Lipinski definition) is 4. The van der Waals surface area contributed by atoms with Gasteiger partial charge in [0.05, 0.1) is 18.2 Å². The molecule has 0 saturated carbocycles. The SMILES string of the molecule is CC(=O)CCC(OC=O)c1cnc[nH]1. The molecule has 0 aliphatic heterocycles. The topological polar surface area (TPSA) is 72.1 Å². The molecular weight excluding hydrogens is 184 g/mol. The molecule has 0 aliphatic rings. The van der Waals surface area contributed by atoms with Crippen molar-refractivity contribution < 1.29 is 14.3 Å². The van der Waals surface area contributed by atoms with Gasteiger partial charge in [0.2, 0.25) is 0 Å². The predicted molar refractivity (Wildman–Crippen MR) is 48.4 cm³/mol. The predicted octanol–water partition coefficient (Wildman–Crippen LogP) is 0.993. The van der Waals surface area contributed by atoms with Crippen molar-refractivity contribution in [3.05, 3.63) is 18.2 Å². The number of H-pyrrole nitrogens is 1.